The number of carbonyl (C=O) groups is 2. The number of halogens is 2. The van der Waals surface area contributed by atoms with Gasteiger partial charge in [0.15, 0.2) is 0 Å². The highest BCUT2D eigenvalue weighted by molar-refractivity contribution is 5.93. The van der Waals surface area contributed by atoms with Gasteiger partial charge in [0.2, 0.25) is 5.91 Å². The van der Waals surface area contributed by atoms with E-state index in [4.69, 9.17) is 5.11 Å². The zero-order valence-electron chi connectivity index (χ0n) is 10.9. The summed E-state index contributed by atoms with van der Waals surface area (Å²) >= 11 is 0. The van der Waals surface area contributed by atoms with Crippen molar-refractivity contribution in [1.82, 2.24) is 9.78 Å². The molecule has 0 fully saturated rings. The van der Waals surface area contributed by atoms with Gasteiger partial charge in [0.1, 0.15) is 17.7 Å². The van der Waals surface area contributed by atoms with Crippen molar-refractivity contribution >= 4 is 17.6 Å². The van der Waals surface area contributed by atoms with E-state index < -0.39 is 29.6 Å². The van der Waals surface area contributed by atoms with Crippen molar-refractivity contribution in [2.24, 2.45) is 0 Å². The van der Waals surface area contributed by atoms with Gasteiger partial charge in [-0.1, -0.05) is 0 Å². The van der Waals surface area contributed by atoms with Crippen molar-refractivity contribution in [2.75, 3.05) is 5.32 Å². The molecule has 0 saturated carbocycles. The SMILES string of the molecule is CC(C(=O)Nc1ccc(F)cc1F)n1cc(C(=O)O)cn1. The molecule has 0 spiro atoms. The lowest BCUT2D eigenvalue weighted by molar-refractivity contribution is -0.119. The highest BCUT2D eigenvalue weighted by Crippen LogP contribution is 2.17. The van der Waals surface area contributed by atoms with Crippen LogP contribution in [0.15, 0.2) is 30.6 Å². The van der Waals surface area contributed by atoms with Gasteiger partial charge >= 0.3 is 5.97 Å². The number of benzene rings is 1. The second-order valence-corrected chi connectivity index (χ2v) is 4.30. The number of anilines is 1. The molecule has 0 aliphatic rings. The minimum atomic E-state index is -1.17. The molecule has 2 aromatic rings. The Labute approximate surface area is 118 Å². The van der Waals surface area contributed by atoms with E-state index in [1.165, 1.54) is 13.1 Å². The highest BCUT2D eigenvalue weighted by Gasteiger charge is 2.19. The van der Waals surface area contributed by atoms with E-state index in [9.17, 15) is 18.4 Å². The van der Waals surface area contributed by atoms with Gasteiger partial charge in [-0.3, -0.25) is 9.48 Å². The van der Waals surface area contributed by atoms with Gasteiger partial charge in [0.25, 0.3) is 0 Å². The lowest BCUT2D eigenvalue weighted by Crippen LogP contribution is -2.24. The van der Waals surface area contributed by atoms with Crippen molar-refractivity contribution in [3.63, 3.8) is 0 Å². The summed E-state index contributed by atoms with van der Waals surface area (Å²) in [5.74, 6) is -3.43. The van der Waals surface area contributed by atoms with Crippen LogP contribution in [0.5, 0.6) is 0 Å². The minimum Gasteiger partial charge on any atom is -0.478 e. The van der Waals surface area contributed by atoms with Gasteiger partial charge in [0.05, 0.1) is 17.4 Å². The molecule has 0 radical (unpaired) electrons. The highest BCUT2D eigenvalue weighted by atomic mass is 19.1. The molecule has 0 aliphatic carbocycles. The number of hydrogen-bond acceptors (Lipinski definition) is 3. The van der Waals surface area contributed by atoms with Crippen molar-refractivity contribution in [3.05, 3.63) is 47.8 Å². The van der Waals surface area contributed by atoms with Crippen LogP contribution in [-0.4, -0.2) is 26.8 Å². The van der Waals surface area contributed by atoms with Crippen LogP contribution >= 0.6 is 0 Å². The zero-order chi connectivity index (χ0) is 15.6. The van der Waals surface area contributed by atoms with Crippen LogP contribution in [0.2, 0.25) is 0 Å². The molecular weight excluding hydrogens is 284 g/mol. The van der Waals surface area contributed by atoms with Gasteiger partial charge in [-0.05, 0) is 19.1 Å². The number of hydrogen-bond donors (Lipinski definition) is 2. The van der Waals surface area contributed by atoms with Gasteiger partial charge in [-0.15, -0.1) is 0 Å². The van der Waals surface area contributed by atoms with Crippen LogP contribution in [0, 0.1) is 11.6 Å². The number of nitrogens with one attached hydrogen (secondary N) is 1. The monoisotopic (exact) mass is 295 g/mol. The second kappa shape index (κ2) is 5.70. The topological polar surface area (TPSA) is 84.2 Å². The van der Waals surface area contributed by atoms with Gasteiger partial charge in [0, 0.05) is 12.3 Å². The van der Waals surface area contributed by atoms with Crippen LogP contribution in [0.1, 0.15) is 23.3 Å². The Morgan fingerprint density at radius 3 is 2.67 bits per heavy atom. The van der Waals surface area contributed by atoms with Crippen molar-refractivity contribution < 1.29 is 23.5 Å². The van der Waals surface area contributed by atoms with Crippen LogP contribution in [0.3, 0.4) is 0 Å². The Hall–Kier alpha value is -2.77. The first kappa shape index (κ1) is 14.6. The maximum atomic E-state index is 13.4. The van der Waals surface area contributed by atoms with E-state index in [1.807, 2.05) is 0 Å². The summed E-state index contributed by atoms with van der Waals surface area (Å²) in [4.78, 5) is 22.7. The Balaban J connectivity index is 2.13. The van der Waals surface area contributed by atoms with Gasteiger partial charge in [-0.25, -0.2) is 13.6 Å². The van der Waals surface area contributed by atoms with E-state index in [1.54, 1.807) is 0 Å². The molecule has 0 saturated heterocycles. The molecule has 6 nitrogen and oxygen atoms in total. The molecular formula is C13H11F2N3O3. The number of aromatic nitrogens is 2. The number of nitrogens with zero attached hydrogens (tertiary/aromatic N) is 2. The number of amides is 1. The number of carbonyl (C=O) groups excluding carboxylic acids is 1. The number of rotatable bonds is 4. The third kappa shape index (κ3) is 3.22. The summed E-state index contributed by atoms with van der Waals surface area (Å²) in [5.41, 5.74) is -0.235. The quantitative estimate of drug-likeness (QED) is 0.904. The number of carboxylic acids is 1. The molecule has 8 heteroatoms. The van der Waals surface area contributed by atoms with Crippen LogP contribution in [0.4, 0.5) is 14.5 Å². The fourth-order valence-corrected chi connectivity index (χ4v) is 1.61. The summed E-state index contributed by atoms with van der Waals surface area (Å²) < 4.78 is 27.3. The van der Waals surface area contributed by atoms with E-state index in [0.29, 0.717) is 6.07 Å². The maximum absolute atomic E-state index is 13.4. The zero-order valence-corrected chi connectivity index (χ0v) is 10.9. The predicted octanol–water partition coefficient (Wildman–Crippen LogP) is 2.06. The maximum Gasteiger partial charge on any atom is 0.338 e. The normalized spacial score (nSPS) is 12.0. The fraction of sp³-hybridized carbons (Fsp3) is 0.154. The van der Waals surface area contributed by atoms with Crippen LogP contribution in [-0.2, 0) is 4.79 Å². The number of carboxylic acid groups (broad SMARTS) is 1. The standard InChI is InChI=1S/C13H11F2N3O3/c1-7(18-6-8(5-16-18)13(20)21)12(19)17-11-3-2-9(14)4-10(11)15/h2-7H,1H3,(H,17,19)(H,20,21). The summed E-state index contributed by atoms with van der Waals surface area (Å²) in [6, 6.07) is 1.90. The summed E-state index contributed by atoms with van der Waals surface area (Å²) in [7, 11) is 0. The largest absolute Gasteiger partial charge is 0.478 e. The molecule has 0 bridgehead atoms. The molecule has 1 unspecified atom stereocenters. The average molecular weight is 295 g/mol. The third-order valence-electron chi connectivity index (χ3n) is 2.81. The van der Waals surface area contributed by atoms with Crippen molar-refractivity contribution in [2.45, 2.75) is 13.0 Å². The molecule has 2 N–H and O–H groups in total. The molecule has 110 valence electrons. The molecule has 21 heavy (non-hydrogen) atoms. The first-order valence-electron chi connectivity index (χ1n) is 5.92. The molecule has 0 aliphatic heterocycles. The Morgan fingerprint density at radius 2 is 2.10 bits per heavy atom. The molecule has 2 rings (SSSR count). The van der Waals surface area contributed by atoms with E-state index in [2.05, 4.69) is 10.4 Å². The van der Waals surface area contributed by atoms with Crippen molar-refractivity contribution in [3.8, 4) is 0 Å². The predicted molar refractivity (Wildman–Crippen MR) is 68.9 cm³/mol. The average Bonchev–Trinajstić information content (AvgIpc) is 2.90. The van der Waals surface area contributed by atoms with E-state index in [0.717, 1.165) is 23.0 Å². The third-order valence-corrected chi connectivity index (χ3v) is 2.81. The Morgan fingerprint density at radius 1 is 1.38 bits per heavy atom. The smallest absolute Gasteiger partial charge is 0.338 e. The fourth-order valence-electron chi connectivity index (χ4n) is 1.61. The molecule has 1 amide bonds. The molecule has 1 aromatic carbocycles. The minimum absolute atomic E-state index is 0.0670. The van der Waals surface area contributed by atoms with Crippen LogP contribution < -0.4 is 5.32 Å². The Kier molecular flexibility index (Phi) is 3.97. The summed E-state index contributed by atoms with van der Waals surface area (Å²) in [6.07, 6.45) is 2.29. The second-order valence-electron chi connectivity index (χ2n) is 4.30. The lowest BCUT2D eigenvalue weighted by atomic mass is 10.2. The molecule has 1 aromatic heterocycles. The van der Waals surface area contributed by atoms with E-state index >= 15 is 0 Å². The summed E-state index contributed by atoms with van der Waals surface area (Å²) in [5, 5.41) is 14.8. The van der Waals surface area contributed by atoms with Gasteiger partial charge in [-0.2, -0.15) is 5.10 Å². The van der Waals surface area contributed by atoms with Gasteiger partial charge < -0.3 is 10.4 Å². The van der Waals surface area contributed by atoms with E-state index in [-0.39, 0.29) is 11.3 Å². The summed E-state index contributed by atoms with van der Waals surface area (Å²) in [6.45, 7) is 1.47. The molecule has 1 heterocycles. The van der Waals surface area contributed by atoms with Crippen LogP contribution in [0.25, 0.3) is 0 Å². The first-order valence-corrected chi connectivity index (χ1v) is 5.92. The lowest BCUT2D eigenvalue weighted by Gasteiger charge is -2.13. The van der Waals surface area contributed by atoms with Crippen molar-refractivity contribution in [1.29, 1.82) is 0 Å². The molecule has 1 atom stereocenters. The Bertz CT molecular complexity index is 700. The first-order chi connectivity index (χ1) is 9.88. The number of aromatic carboxylic acids is 1.